The molecule has 2 rings (SSSR count). The molecule has 0 saturated carbocycles. The maximum atomic E-state index is 6.08. The van der Waals surface area contributed by atoms with Gasteiger partial charge in [-0.3, -0.25) is 0 Å². The van der Waals surface area contributed by atoms with Crippen LogP contribution in [0.4, 0.5) is 5.69 Å². The van der Waals surface area contributed by atoms with Gasteiger partial charge in [0.2, 0.25) is 0 Å². The SMILES string of the molecule is Cc1cccc(CC2CCN(C)C2)c1N. The van der Waals surface area contributed by atoms with Gasteiger partial charge in [0.05, 0.1) is 0 Å². The number of anilines is 1. The van der Waals surface area contributed by atoms with Crippen LogP contribution in [-0.2, 0) is 6.42 Å². The second kappa shape index (κ2) is 4.23. The van der Waals surface area contributed by atoms with E-state index in [1.165, 1.54) is 30.6 Å². The number of rotatable bonds is 2. The highest BCUT2D eigenvalue weighted by Crippen LogP contribution is 2.24. The third-order valence-corrected chi connectivity index (χ3v) is 3.41. The summed E-state index contributed by atoms with van der Waals surface area (Å²) in [6.07, 6.45) is 2.45. The highest BCUT2D eigenvalue weighted by atomic mass is 15.1. The van der Waals surface area contributed by atoms with Crippen molar-refractivity contribution in [3.05, 3.63) is 29.3 Å². The molecule has 0 bridgehead atoms. The molecule has 0 aliphatic carbocycles. The van der Waals surface area contributed by atoms with Gasteiger partial charge in [-0.1, -0.05) is 18.2 Å². The minimum Gasteiger partial charge on any atom is -0.398 e. The molecule has 0 aromatic heterocycles. The molecular formula is C13H20N2. The van der Waals surface area contributed by atoms with Crippen molar-refractivity contribution in [1.29, 1.82) is 0 Å². The molecule has 1 atom stereocenters. The molecule has 82 valence electrons. The average molecular weight is 204 g/mol. The Balaban J connectivity index is 2.07. The molecule has 0 spiro atoms. The van der Waals surface area contributed by atoms with E-state index in [0.29, 0.717) is 0 Å². The maximum absolute atomic E-state index is 6.08. The van der Waals surface area contributed by atoms with Gasteiger partial charge in [-0.15, -0.1) is 0 Å². The Hall–Kier alpha value is -1.02. The predicted octanol–water partition coefficient (Wildman–Crippen LogP) is 2.07. The minimum atomic E-state index is 0.791. The standard InChI is InChI=1S/C13H20N2/c1-10-4-3-5-12(13(10)14)8-11-6-7-15(2)9-11/h3-5,11H,6-9,14H2,1-2H3. The third-order valence-electron chi connectivity index (χ3n) is 3.41. The quantitative estimate of drug-likeness (QED) is 0.747. The Morgan fingerprint density at radius 1 is 1.47 bits per heavy atom. The number of nitrogen functional groups attached to an aromatic ring is 1. The molecule has 1 aromatic rings. The number of likely N-dealkylation sites (tertiary alicyclic amines) is 1. The van der Waals surface area contributed by atoms with E-state index < -0.39 is 0 Å². The normalized spacial score (nSPS) is 22.1. The van der Waals surface area contributed by atoms with Crippen LogP contribution < -0.4 is 5.73 Å². The Morgan fingerprint density at radius 3 is 2.93 bits per heavy atom. The molecule has 1 aliphatic rings. The Labute approximate surface area is 92.1 Å². The summed E-state index contributed by atoms with van der Waals surface area (Å²) in [6.45, 7) is 4.53. The van der Waals surface area contributed by atoms with E-state index >= 15 is 0 Å². The van der Waals surface area contributed by atoms with Crippen LogP contribution in [0.25, 0.3) is 0 Å². The topological polar surface area (TPSA) is 29.3 Å². The fraction of sp³-hybridized carbons (Fsp3) is 0.538. The Morgan fingerprint density at radius 2 is 2.27 bits per heavy atom. The lowest BCUT2D eigenvalue weighted by Crippen LogP contribution is -2.15. The lowest BCUT2D eigenvalue weighted by Gasteiger charge is -2.13. The molecule has 1 fully saturated rings. The first kappa shape index (κ1) is 10.5. The summed E-state index contributed by atoms with van der Waals surface area (Å²) in [5.41, 5.74) is 9.61. The number of nitrogens with two attached hydrogens (primary N) is 1. The van der Waals surface area contributed by atoms with Crippen LogP contribution in [0.5, 0.6) is 0 Å². The molecular weight excluding hydrogens is 184 g/mol. The average Bonchev–Trinajstić information content (AvgIpc) is 2.59. The molecule has 1 heterocycles. The summed E-state index contributed by atoms with van der Waals surface area (Å²) in [7, 11) is 2.19. The summed E-state index contributed by atoms with van der Waals surface area (Å²) in [5, 5.41) is 0. The zero-order chi connectivity index (χ0) is 10.8. The van der Waals surface area contributed by atoms with E-state index in [1.54, 1.807) is 0 Å². The summed E-state index contributed by atoms with van der Waals surface area (Å²) in [4.78, 5) is 2.40. The van der Waals surface area contributed by atoms with Gasteiger partial charge in [0.25, 0.3) is 0 Å². The molecule has 2 heteroatoms. The van der Waals surface area contributed by atoms with Crippen LogP contribution in [0.1, 0.15) is 17.5 Å². The summed E-state index contributed by atoms with van der Waals surface area (Å²) in [5.74, 6) is 0.791. The van der Waals surface area contributed by atoms with Crippen LogP contribution >= 0.6 is 0 Å². The first-order valence-corrected chi connectivity index (χ1v) is 5.69. The van der Waals surface area contributed by atoms with Gasteiger partial charge in [0, 0.05) is 12.2 Å². The highest BCUT2D eigenvalue weighted by Gasteiger charge is 2.20. The van der Waals surface area contributed by atoms with Gasteiger partial charge in [0.15, 0.2) is 0 Å². The number of hydrogen-bond acceptors (Lipinski definition) is 2. The third kappa shape index (κ3) is 2.32. The number of benzene rings is 1. The van der Waals surface area contributed by atoms with E-state index in [2.05, 4.69) is 37.1 Å². The van der Waals surface area contributed by atoms with Gasteiger partial charge in [-0.25, -0.2) is 0 Å². The number of nitrogens with zero attached hydrogens (tertiary/aromatic N) is 1. The van der Waals surface area contributed by atoms with E-state index in [4.69, 9.17) is 5.73 Å². The van der Waals surface area contributed by atoms with Crippen molar-refractivity contribution in [3.8, 4) is 0 Å². The van der Waals surface area contributed by atoms with Crippen molar-refractivity contribution in [2.45, 2.75) is 19.8 Å². The van der Waals surface area contributed by atoms with Gasteiger partial charge in [-0.05, 0) is 50.4 Å². The predicted molar refractivity (Wildman–Crippen MR) is 64.9 cm³/mol. The Kier molecular flexibility index (Phi) is 2.96. The van der Waals surface area contributed by atoms with Crippen molar-refractivity contribution < 1.29 is 0 Å². The van der Waals surface area contributed by atoms with Crippen LogP contribution in [0.3, 0.4) is 0 Å². The van der Waals surface area contributed by atoms with Crippen LogP contribution in [0.2, 0.25) is 0 Å². The molecule has 0 radical (unpaired) electrons. The lowest BCUT2D eigenvalue weighted by molar-refractivity contribution is 0.394. The van der Waals surface area contributed by atoms with E-state index in [-0.39, 0.29) is 0 Å². The second-order valence-corrected chi connectivity index (χ2v) is 4.77. The smallest absolute Gasteiger partial charge is 0.0376 e. The zero-order valence-electron chi connectivity index (χ0n) is 9.66. The largest absolute Gasteiger partial charge is 0.398 e. The first-order valence-electron chi connectivity index (χ1n) is 5.69. The summed E-state index contributed by atoms with van der Waals surface area (Å²) < 4.78 is 0. The molecule has 2 N–H and O–H groups in total. The highest BCUT2D eigenvalue weighted by molar-refractivity contribution is 5.53. The molecule has 1 unspecified atom stereocenters. The number of hydrogen-bond donors (Lipinski definition) is 1. The lowest BCUT2D eigenvalue weighted by atomic mass is 9.96. The van der Waals surface area contributed by atoms with Crippen LogP contribution in [0, 0.1) is 12.8 Å². The van der Waals surface area contributed by atoms with Crippen molar-refractivity contribution >= 4 is 5.69 Å². The van der Waals surface area contributed by atoms with Crippen LogP contribution in [-0.4, -0.2) is 25.0 Å². The molecule has 15 heavy (non-hydrogen) atoms. The Bertz CT molecular complexity index is 346. The van der Waals surface area contributed by atoms with E-state index in [9.17, 15) is 0 Å². The minimum absolute atomic E-state index is 0.791. The van der Waals surface area contributed by atoms with E-state index in [0.717, 1.165) is 18.0 Å². The maximum Gasteiger partial charge on any atom is 0.0376 e. The van der Waals surface area contributed by atoms with Crippen molar-refractivity contribution in [1.82, 2.24) is 4.90 Å². The molecule has 0 amide bonds. The van der Waals surface area contributed by atoms with Crippen molar-refractivity contribution in [2.24, 2.45) is 5.92 Å². The fourth-order valence-electron chi connectivity index (χ4n) is 2.42. The van der Waals surface area contributed by atoms with Gasteiger partial charge >= 0.3 is 0 Å². The van der Waals surface area contributed by atoms with E-state index in [1.807, 2.05) is 0 Å². The van der Waals surface area contributed by atoms with Gasteiger partial charge in [-0.2, -0.15) is 0 Å². The summed E-state index contributed by atoms with van der Waals surface area (Å²) in [6, 6.07) is 6.36. The second-order valence-electron chi connectivity index (χ2n) is 4.77. The van der Waals surface area contributed by atoms with Crippen molar-refractivity contribution in [3.63, 3.8) is 0 Å². The first-order chi connectivity index (χ1) is 7.16. The van der Waals surface area contributed by atoms with Crippen molar-refractivity contribution in [2.75, 3.05) is 25.9 Å². The molecule has 1 aliphatic heterocycles. The summed E-state index contributed by atoms with van der Waals surface area (Å²) >= 11 is 0. The number of aryl methyl sites for hydroxylation is 1. The van der Waals surface area contributed by atoms with Gasteiger partial charge in [0.1, 0.15) is 0 Å². The number of para-hydroxylation sites is 1. The fourth-order valence-corrected chi connectivity index (χ4v) is 2.42. The molecule has 2 nitrogen and oxygen atoms in total. The van der Waals surface area contributed by atoms with Gasteiger partial charge < -0.3 is 10.6 Å². The molecule has 1 aromatic carbocycles. The monoisotopic (exact) mass is 204 g/mol. The molecule has 1 saturated heterocycles. The van der Waals surface area contributed by atoms with Crippen LogP contribution in [0.15, 0.2) is 18.2 Å². The zero-order valence-corrected chi connectivity index (χ0v) is 9.66.